The minimum absolute atomic E-state index is 0.903. The van der Waals surface area contributed by atoms with Gasteiger partial charge >= 0.3 is 0 Å². The van der Waals surface area contributed by atoms with E-state index < -0.39 is 0 Å². The van der Waals surface area contributed by atoms with Gasteiger partial charge in [0, 0.05) is 45.8 Å². The van der Waals surface area contributed by atoms with Crippen molar-refractivity contribution < 1.29 is 0 Å². The van der Waals surface area contributed by atoms with E-state index in [9.17, 15) is 0 Å². The summed E-state index contributed by atoms with van der Waals surface area (Å²) >= 11 is 0. The quantitative estimate of drug-likeness (QED) is 0.827. The SMILES string of the molecule is CN1CCC(CN2CCN(Cc3ccccc3)CC2)C1. The molecule has 1 aromatic rings. The number of rotatable bonds is 4. The predicted octanol–water partition coefficient (Wildman–Crippen LogP) is 1.76. The number of piperazine rings is 1. The second kappa shape index (κ2) is 6.70. The van der Waals surface area contributed by atoms with Crippen LogP contribution < -0.4 is 0 Å². The summed E-state index contributed by atoms with van der Waals surface area (Å²) in [5.74, 6) is 0.903. The van der Waals surface area contributed by atoms with Crippen LogP contribution in [0.3, 0.4) is 0 Å². The monoisotopic (exact) mass is 273 g/mol. The molecule has 2 aliphatic rings. The zero-order valence-corrected chi connectivity index (χ0v) is 12.7. The molecule has 20 heavy (non-hydrogen) atoms. The summed E-state index contributed by atoms with van der Waals surface area (Å²) in [5, 5.41) is 0. The highest BCUT2D eigenvalue weighted by atomic mass is 15.3. The van der Waals surface area contributed by atoms with Gasteiger partial charge in [-0.25, -0.2) is 0 Å². The van der Waals surface area contributed by atoms with Gasteiger partial charge in [0.2, 0.25) is 0 Å². The van der Waals surface area contributed by atoms with Gasteiger partial charge in [0.05, 0.1) is 0 Å². The summed E-state index contributed by atoms with van der Waals surface area (Å²) in [6, 6.07) is 10.9. The van der Waals surface area contributed by atoms with Crippen molar-refractivity contribution in [2.45, 2.75) is 13.0 Å². The molecule has 110 valence electrons. The highest BCUT2D eigenvalue weighted by Crippen LogP contribution is 2.17. The van der Waals surface area contributed by atoms with Crippen LogP contribution in [0.4, 0.5) is 0 Å². The second-order valence-electron chi connectivity index (χ2n) is 6.48. The molecule has 0 saturated carbocycles. The average Bonchev–Trinajstić information content (AvgIpc) is 2.88. The standard InChI is InChI=1S/C17H27N3/c1-18-8-7-17(13-18)15-20-11-9-19(10-12-20)14-16-5-3-2-4-6-16/h2-6,17H,7-15H2,1H3. The van der Waals surface area contributed by atoms with Crippen molar-refractivity contribution in [2.24, 2.45) is 5.92 Å². The van der Waals surface area contributed by atoms with Gasteiger partial charge in [-0.15, -0.1) is 0 Å². The van der Waals surface area contributed by atoms with Crippen LogP contribution in [0, 0.1) is 5.92 Å². The predicted molar refractivity (Wildman–Crippen MR) is 83.8 cm³/mol. The average molecular weight is 273 g/mol. The van der Waals surface area contributed by atoms with E-state index >= 15 is 0 Å². The largest absolute Gasteiger partial charge is 0.306 e. The molecule has 0 radical (unpaired) electrons. The summed E-state index contributed by atoms with van der Waals surface area (Å²) < 4.78 is 0. The van der Waals surface area contributed by atoms with E-state index in [2.05, 4.69) is 52.1 Å². The highest BCUT2D eigenvalue weighted by Gasteiger charge is 2.24. The van der Waals surface area contributed by atoms with Gasteiger partial charge in [0.25, 0.3) is 0 Å². The number of hydrogen-bond donors (Lipinski definition) is 0. The summed E-state index contributed by atoms with van der Waals surface area (Å²) in [6.45, 7) is 9.93. The molecular formula is C17H27N3. The molecule has 0 N–H and O–H groups in total. The van der Waals surface area contributed by atoms with Crippen LogP contribution in [-0.2, 0) is 6.54 Å². The van der Waals surface area contributed by atoms with Crippen LogP contribution in [0.1, 0.15) is 12.0 Å². The van der Waals surface area contributed by atoms with E-state index in [0.717, 1.165) is 12.5 Å². The maximum atomic E-state index is 2.67. The molecule has 0 amide bonds. The Bertz CT molecular complexity index is 398. The third-order valence-electron chi connectivity index (χ3n) is 4.72. The van der Waals surface area contributed by atoms with Gasteiger partial charge in [-0.2, -0.15) is 0 Å². The van der Waals surface area contributed by atoms with Crippen molar-refractivity contribution >= 4 is 0 Å². The Morgan fingerprint density at radius 2 is 1.65 bits per heavy atom. The molecule has 1 unspecified atom stereocenters. The normalized spacial score (nSPS) is 26.1. The van der Waals surface area contributed by atoms with Crippen LogP contribution in [0.15, 0.2) is 30.3 Å². The fourth-order valence-corrected chi connectivity index (χ4v) is 3.51. The van der Waals surface area contributed by atoms with Gasteiger partial charge in [-0.05, 0) is 31.5 Å². The Kier molecular flexibility index (Phi) is 4.71. The first-order chi connectivity index (χ1) is 9.79. The zero-order chi connectivity index (χ0) is 13.8. The molecule has 3 heteroatoms. The molecule has 2 heterocycles. The first-order valence-electron chi connectivity index (χ1n) is 7.97. The fraction of sp³-hybridized carbons (Fsp3) is 0.647. The second-order valence-corrected chi connectivity index (χ2v) is 6.48. The Morgan fingerprint density at radius 1 is 0.950 bits per heavy atom. The highest BCUT2D eigenvalue weighted by molar-refractivity contribution is 5.14. The molecule has 0 spiro atoms. The van der Waals surface area contributed by atoms with Crippen LogP contribution in [0.5, 0.6) is 0 Å². The summed E-state index contributed by atoms with van der Waals surface area (Å²) in [4.78, 5) is 7.73. The van der Waals surface area contributed by atoms with Crippen molar-refractivity contribution in [1.29, 1.82) is 0 Å². The Labute approximate surface area is 123 Å². The van der Waals surface area contributed by atoms with E-state index in [1.54, 1.807) is 0 Å². The maximum absolute atomic E-state index is 2.67. The van der Waals surface area contributed by atoms with E-state index in [1.807, 2.05) is 0 Å². The molecule has 2 saturated heterocycles. The van der Waals surface area contributed by atoms with Gasteiger partial charge in [0.1, 0.15) is 0 Å². The molecule has 0 aliphatic carbocycles. The smallest absolute Gasteiger partial charge is 0.0234 e. The summed E-state index contributed by atoms with van der Waals surface area (Å²) in [5.41, 5.74) is 1.44. The van der Waals surface area contributed by atoms with Crippen molar-refractivity contribution in [3.8, 4) is 0 Å². The maximum Gasteiger partial charge on any atom is 0.0234 e. The van der Waals surface area contributed by atoms with Crippen molar-refractivity contribution in [3.05, 3.63) is 35.9 Å². The zero-order valence-electron chi connectivity index (χ0n) is 12.7. The number of benzene rings is 1. The lowest BCUT2D eigenvalue weighted by atomic mass is 10.1. The van der Waals surface area contributed by atoms with E-state index in [4.69, 9.17) is 0 Å². The molecule has 1 aromatic carbocycles. The number of likely N-dealkylation sites (tertiary alicyclic amines) is 1. The van der Waals surface area contributed by atoms with E-state index in [-0.39, 0.29) is 0 Å². The first kappa shape index (κ1) is 14.1. The van der Waals surface area contributed by atoms with Crippen LogP contribution in [0.25, 0.3) is 0 Å². The fourth-order valence-electron chi connectivity index (χ4n) is 3.51. The van der Waals surface area contributed by atoms with Crippen LogP contribution in [-0.4, -0.2) is 67.6 Å². The van der Waals surface area contributed by atoms with Crippen molar-refractivity contribution in [2.75, 3.05) is 52.9 Å². The topological polar surface area (TPSA) is 9.72 Å². The third-order valence-corrected chi connectivity index (χ3v) is 4.72. The van der Waals surface area contributed by atoms with Gasteiger partial charge in [0.15, 0.2) is 0 Å². The molecule has 3 rings (SSSR count). The molecule has 2 fully saturated rings. The Morgan fingerprint density at radius 3 is 2.30 bits per heavy atom. The van der Waals surface area contributed by atoms with Crippen LogP contribution >= 0.6 is 0 Å². The van der Waals surface area contributed by atoms with Crippen LogP contribution in [0.2, 0.25) is 0 Å². The minimum atomic E-state index is 0.903. The lowest BCUT2D eigenvalue weighted by molar-refractivity contribution is 0.114. The van der Waals surface area contributed by atoms with Crippen molar-refractivity contribution in [1.82, 2.24) is 14.7 Å². The molecule has 1 atom stereocenters. The minimum Gasteiger partial charge on any atom is -0.306 e. The van der Waals surface area contributed by atoms with Crippen molar-refractivity contribution in [3.63, 3.8) is 0 Å². The summed E-state index contributed by atoms with van der Waals surface area (Å²) in [6.07, 6.45) is 1.39. The van der Waals surface area contributed by atoms with E-state index in [0.29, 0.717) is 0 Å². The lowest BCUT2D eigenvalue weighted by Gasteiger charge is -2.36. The molecule has 0 aromatic heterocycles. The van der Waals surface area contributed by atoms with Gasteiger partial charge in [-0.1, -0.05) is 30.3 Å². The molecule has 2 aliphatic heterocycles. The number of nitrogens with zero attached hydrogens (tertiary/aromatic N) is 3. The first-order valence-corrected chi connectivity index (χ1v) is 7.97. The molecule has 0 bridgehead atoms. The van der Waals surface area contributed by atoms with Gasteiger partial charge in [-0.3, -0.25) is 4.90 Å². The lowest BCUT2D eigenvalue weighted by Crippen LogP contribution is -2.47. The Hall–Kier alpha value is -0.900. The van der Waals surface area contributed by atoms with E-state index in [1.165, 1.54) is 57.8 Å². The Balaban J connectivity index is 1.41. The summed E-state index contributed by atoms with van der Waals surface area (Å²) in [7, 11) is 2.25. The van der Waals surface area contributed by atoms with Gasteiger partial charge < -0.3 is 9.80 Å². The molecule has 3 nitrogen and oxygen atoms in total. The third kappa shape index (κ3) is 3.81. The number of hydrogen-bond acceptors (Lipinski definition) is 3. The molecular weight excluding hydrogens is 246 g/mol.